The molecule has 0 aliphatic heterocycles. The van der Waals surface area contributed by atoms with Crippen molar-refractivity contribution in [3.63, 3.8) is 0 Å². The van der Waals surface area contributed by atoms with E-state index in [2.05, 4.69) is 21.0 Å². The summed E-state index contributed by atoms with van der Waals surface area (Å²) in [6, 6.07) is 14.1. The lowest BCUT2D eigenvalue weighted by Crippen LogP contribution is -1.94. The summed E-state index contributed by atoms with van der Waals surface area (Å²) in [5.41, 5.74) is 2.28. The van der Waals surface area contributed by atoms with E-state index in [0.717, 1.165) is 12.0 Å². The van der Waals surface area contributed by atoms with Gasteiger partial charge >= 0.3 is 0 Å². The van der Waals surface area contributed by atoms with Crippen LogP contribution in [-0.2, 0) is 0 Å². The van der Waals surface area contributed by atoms with Crippen molar-refractivity contribution in [3.05, 3.63) is 70.6 Å². The summed E-state index contributed by atoms with van der Waals surface area (Å²) in [6.07, 6.45) is 2.36. The van der Waals surface area contributed by atoms with Gasteiger partial charge < -0.3 is 0 Å². The minimum absolute atomic E-state index is 0.376. The molecule has 0 fully saturated rings. The number of carbonyl (C=O) groups is 1. The molecule has 0 radical (unpaired) electrons. The number of hydrogen-bond donors (Lipinski definition) is 0. The Morgan fingerprint density at radius 2 is 1.90 bits per heavy atom. The number of para-hydroxylation sites is 1. The van der Waals surface area contributed by atoms with E-state index in [4.69, 9.17) is 0 Å². The molecule has 0 spiro atoms. The number of rotatable bonds is 3. The molecule has 0 saturated carbocycles. The second-order valence-corrected chi connectivity index (χ2v) is 5.31. The molecule has 0 unspecified atom stereocenters. The maximum atomic E-state index is 13.7. The Kier molecular flexibility index (Phi) is 3.66. The third kappa shape index (κ3) is 2.64. The Labute approximate surface area is 129 Å². The summed E-state index contributed by atoms with van der Waals surface area (Å²) in [5.74, 6) is -0.390. The number of halogens is 2. The monoisotopic (exact) mass is 344 g/mol. The third-order valence-corrected chi connectivity index (χ3v) is 3.73. The normalized spacial score (nSPS) is 10.6. The topological polar surface area (TPSA) is 34.9 Å². The first-order valence-electron chi connectivity index (χ1n) is 6.25. The summed E-state index contributed by atoms with van der Waals surface area (Å²) in [7, 11) is 0. The second kappa shape index (κ2) is 5.61. The summed E-state index contributed by atoms with van der Waals surface area (Å²) in [6.45, 7) is 0. The van der Waals surface area contributed by atoms with Gasteiger partial charge in [0.1, 0.15) is 11.5 Å². The molecule has 0 saturated heterocycles. The number of benzene rings is 2. The van der Waals surface area contributed by atoms with E-state index in [-0.39, 0.29) is 0 Å². The molecule has 0 amide bonds. The average Bonchev–Trinajstić information content (AvgIpc) is 2.95. The summed E-state index contributed by atoms with van der Waals surface area (Å²) in [5, 5.41) is 4.40. The van der Waals surface area contributed by atoms with Crippen LogP contribution in [0.1, 0.15) is 10.4 Å². The highest BCUT2D eigenvalue weighted by molar-refractivity contribution is 9.10. The zero-order chi connectivity index (χ0) is 14.8. The molecule has 0 bridgehead atoms. The predicted molar refractivity (Wildman–Crippen MR) is 82.0 cm³/mol. The third-order valence-electron chi connectivity index (χ3n) is 3.08. The van der Waals surface area contributed by atoms with Crippen LogP contribution < -0.4 is 0 Å². The minimum Gasteiger partial charge on any atom is -0.298 e. The first kappa shape index (κ1) is 13.7. The van der Waals surface area contributed by atoms with Gasteiger partial charge in [0.05, 0.1) is 15.7 Å². The molecular formula is C16H10BrFN2O. The highest BCUT2D eigenvalue weighted by atomic mass is 79.9. The predicted octanol–water partition coefficient (Wildman–Crippen LogP) is 4.25. The van der Waals surface area contributed by atoms with Gasteiger partial charge in [0.25, 0.3) is 0 Å². The largest absolute Gasteiger partial charge is 0.298 e. The van der Waals surface area contributed by atoms with Crippen molar-refractivity contribution < 1.29 is 9.18 Å². The minimum atomic E-state index is -0.390. The van der Waals surface area contributed by atoms with Crippen LogP contribution in [0.15, 0.2) is 59.2 Å². The number of carbonyl (C=O) groups excluding carboxylic acids is 1. The molecular weight excluding hydrogens is 335 g/mol. The first-order chi connectivity index (χ1) is 10.2. The summed E-state index contributed by atoms with van der Waals surface area (Å²) >= 11 is 3.11. The van der Waals surface area contributed by atoms with E-state index in [1.807, 2.05) is 30.3 Å². The zero-order valence-corrected chi connectivity index (χ0v) is 12.4. The number of nitrogens with zero attached hydrogens (tertiary/aromatic N) is 2. The molecule has 104 valence electrons. The lowest BCUT2D eigenvalue weighted by molar-refractivity contribution is 0.112. The second-order valence-electron chi connectivity index (χ2n) is 4.46. The molecule has 1 aromatic heterocycles. The van der Waals surface area contributed by atoms with Gasteiger partial charge in [-0.2, -0.15) is 5.10 Å². The quantitative estimate of drug-likeness (QED) is 0.665. The van der Waals surface area contributed by atoms with Crippen molar-refractivity contribution in [3.8, 4) is 16.9 Å². The van der Waals surface area contributed by atoms with Gasteiger partial charge in [-0.3, -0.25) is 4.79 Å². The van der Waals surface area contributed by atoms with Crippen LogP contribution in [0.25, 0.3) is 16.9 Å². The van der Waals surface area contributed by atoms with E-state index >= 15 is 0 Å². The smallest absolute Gasteiger partial charge is 0.153 e. The van der Waals surface area contributed by atoms with Crippen molar-refractivity contribution in [2.45, 2.75) is 0 Å². The van der Waals surface area contributed by atoms with E-state index < -0.39 is 5.82 Å². The number of aldehydes is 1. The number of aromatic nitrogens is 2. The summed E-state index contributed by atoms with van der Waals surface area (Å²) < 4.78 is 15.6. The van der Waals surface area contributed by atoms with Crippen LogP contribution in [0.5, 0.6) is 0 Å². The van der Waals surface area contributed by atoms with Crippen molar-refractivity contribution >= 4 is 22.2 Å². The van der Waals surface area contributed by atoms with E-state index in [1.165, 1.54) is 6.07 Å². The van der Waals surface area contributed by atoms with E-state index in [0.29, 0.717) is 21.3 Å². The lowest BCUT2D eigenvalue weighted by atomic mass is 10.1. The molecule has 5 heteroatoms. The fraction of sp³-hybridized carbons (Fsp3) is 0. The molecule has 1 heterocycles. The maximum absolute atomic E-state index is 13.7. The Morgan fingerprint density at radius 3 is 2.57 bits per heavy atom. The van der Waals surface area contributed by atoms with Gasteiger partial charge in [-0.25, -0.2) is 9.07 Å². The van der Waals surface area contributed by atoms with Crippen LogP contribution >= 0.6 is 15.9 Å². The summed E-state index contributed by atoms with van der Waals surface area (Å²) in [4.78, 5) is 11.2. The van der Waals surface area contributed by atoms with Gasteiger partial charge in [0.15, 0.2) is 6.29 Å². The van der Waals surface area contributed by atoms with Gasteiger partial charge in [-0.05, 0) is 40.2 Å². The highest BCUT2D eigenvalue weighted by Gasteiger charge is 2.13. The van der Waals surface area contributed by atoms with E-state index in [9.17, 15) is 9.18 Å². The fourth-order valence-electron chi connectivity index (χ4n) is 2.05. The lowest BCUT2D eigenvalue weighted by Gasteiger charge is -2.01. The molecule has 0 aliphatic rings. The van der Waals surface area contributed by atoms with Gasteiger partial charge in [-0.1, -0.05) is 24.3 Å². The van der Waals surface area contributed by atoms with E-state index in [1.54, 1.807) is 23.0 Å². The molecule has 3 rings (SSSR count). The average molecular weight is 345 g/mol. The van der Waals surface area contributed by atoms with Gasteiger partial charge in [-0.15, -0.1) is 0 Å². The Balaban J connectivity index is 2.12. The Bertz CT molecular complexity index is 799. The highest BCUT2D eigenvalue weighted by Crippen LogP contribution is 2.26. The Hall–Kier alpha value is -2.27. The molecule has 0 N–H and O–H groups in total. The van der Waals surface area contributed by atoms with Crippen LogP contribution in [0.4, 0.5) is 4.39 Å². The molecule has 0 atom stereocenters. The van der Waals surface area contributed by atoms with Crippen molar-refractivity contribution in [1.29, 1.82) is 0 Å². The van der Waals surface area contributed by atoms with Gasteiger partial charge in [0, 0.05) is 11.8 Å². The van der Waals surface area contributed by atoms with Crippen molar-refractivity contribution in [2.24, 2.45) is 0 Å². The zero-order valence-electron chi connectivity index (χ0n) is 10.8. The van der Waals surface area contributed by atoms with Gasteiger partial charge in [0.2, 0.25) is 0 Å². The SMILES string of the molecule is O=Cc1cn(-c2ccccc2)nc1-c1ccc(Br)c(F)c1. The molecule has 2 aromatic carbocycles. The van der Waals surface area contributed by atoms with Crippen molar-refractivity contribution in [1.82, 2.24) is 9.78 Å². The van der Waals surface area contributed by atoms with Crippen LogP contribution in [0.2, 0.25) is 0 Å². The standard InChI is InChI=1S/C16H10BrFN2O/c17-14-7-6-11(8-15(14)18)16-12(10-21)9-20(19-16)13-4-2-1-3-5-13/h1-10H. The van der Waals surface area contributed by atoms with Crippen LogP contribution in [0, 0.1) is 5.82 Å². The van der Waals surface area contributed by atoms with Crippen LogP contribution in [0.3, 0.4) is 0 Å². The Morgan fingerprint density at radius 1 is 1.14 bits per heavy atom. The van der Waals surface area contributed by atoms with Crippen molar-refractivity contribution in [2.75, 3.05) is 0 Å². The first-order valence-corrected chi connectivity index (χ1v) is 7.04. The molecule has 21 heavy (non-hydrogen) atoms. The van der Waals surface area contributed by atoms with Crippen LogP contribution in [-0.4, -0.2) is 16.1 Å². The molecule has 3 nitrogen and oxygen atoms in total. The maximum Gasteiger partial charge on any atom is 0.153 e. The molecule has 3 aromatic rings. The fourth-order valence-corrected chi connectivity index (χ4v) is 2.30. The number of hydrogen-bond acceptors (Lipinski definition) is 2. The molecule has 0 aliphatic carbocycles.